The molecule has 0 spiro atoms. The van der Waals surface area contributed by atoms with E-state index in [0.29, 0.717) is 4.47 Å². The minimum atomic E-state index is -0.259. The number of aromatic amines is 1. The fraction of sp³-hybridized carbons (Fsp3) is 0.308. The third-order valence-corrected chi connectivity index (χ3v) is 3.84. The van der Waals surface area contributed by atoms with Crippen molar-refractivity contribution in [3.05, 3.63) is 34.6 Å². The number of piperazine rings is 1. The van der Waals surface area contributed by atoms with E-state index in [9.17, 15) is 4.39 Å². The number of nitrogens with zero attached hydrogens (tertiary/aromatic N) is 2. The Hall–Kier alpha value is -1.40. The Balaban J connectivity index is 1.85. The van der Waals surface area contributed by atoms with Gasteiger partial charge < -0.3 is 10.2 Å². The van der Waals surface area contributed by atoms with Gasteiger partial charge in [-0.1, -0.05) is 0 Å². The summed E-state index contributed by atoms with van der Waals surface area (Å²) in [5, 5.41) is 10.7. The summed E-state index contributed by atoms with van der Waals surface area (Å²) in [5.41, 5.74) is 1.82. The maximum absolute atomic E-state index is 13.2. The van der Waals surface area contributed by atoms with Crippen LogP contribution in [0.2, 0.25) is 0 Å². The summed E-state index contributed by atoms with van der Waals surface area (Å²) in [4.78, 5) is 2.23. The fourth-order valence-electron chi connectivity index (χ4n) is 2.18. The molecule has 1 aliphatic rings. The third kappa shape index (κ3) is 2.64. The standard InChI is InChI=1S/C13H14BrFN4/c14-10-7-9(1-2-11(10)15)12-8-13(18-17-12)19-5-3-16-4-6-19/h1-2,7-8,16H,3-6H2,(H,17,18). The Kier molecular flexibility index (Phi) is 3.52. The molecule has 1 aliphatic heterocycles. The number of anilines is 1. The van der Waals surface area contributed by atoms with E-state index in [1.807, 2.05) is 6.07 Å². The summed E-state index contributed by atoms with van der Waals surface area (Å²) in [6, 6.07) is 6.95. The molecule has 0 atom stereocenters. The largest absolute Gasteiger partial charge is 0.353 e. The molecular formula is C13H14BrFN4. The molecule has 0 radical (unpaired) electrons. The van der Waals surface area contributed by atoms with E-state index in [4.69, 9.17) is 0 Å². The van der Waals surface area contributed by atoms with Crippen LogP contribution >= 0.6 is 15.9 Å². The average Bonchev–Trinajstić information content (AvgIpc) is 2.93. The molecule has 1 fully saturated rings. The van der Waals surface area contributed by atoms with Gasteiger partial charge in [0.15, 0.2) is 5.82 Å². The number of benzene rings is 1. The van der Waals surface area contributed by atoms with Gasteiger partial charge in [-0.25, -0.2) is 4.39 Å². The third-order valence-electron chi connectivity index (χ3n) is 3.24. The highest BCUT2D eigenvalue weighted by atomic mass is 79.9. The van der Waals surface area contributed by atoms with Crippen LogP contribution in [-0.2, 0) is 0 Å². The Bertz CT molecular complexity index is 578. The van der Waals surface area contributed by atoms with E-state index < -0.39 is 0 Å². The van der Waals surface area contributed by atoms with Crippen LogP contribution in [0.25, 0.3) is 11.3 Å². The normalized spacial score (nSPS) is 15.8. The fourth-order valence-corrected chi connectivity index (χ4v) is 2.56. The molecule has 0 aliphatic carbocycles. The number of hydrogen-bond donors (Lipinski definition) is 2. The zero-order chi connectivity index (χ0) is 13.2. The molecule has 2 aromatic rings. The van der Waals surface area contributed by atoms with Crippen molar-refractivity contribution in [3.63, 3.8) is 0 Å². The summed E-state index contributed by atoms with van der Waals surface area (Å²) in [6.45, 7) is 3.86. The zero-order valence-corrected chi connectivity index (χ0v) is 11.9. The molecule has 100 valence electrons. The molecule has 1 saturated heterocycles. The quantitative estimate of drug-likeness (QED) is 0.891. The van der Waals surface area contributed by atoms with Gasteiger partial charge in [0.1, 0.15) is 5.82 Å². The molecule has 2 heterocycles. The molecule has 2 N–H and O–H groups in total. The zero-order valence-electron chi connectivity index (χ0n) is 10.3. The second-order valence-electron chi connectivity index (χ2n) is 4.51. The molecule has 19 heavy (non-hydrogen) atoms. The monoisotopic (exact) mass is 324 g/mol. The van der Waals surface area contributed by atoms with Gasteiger partial charge in [0.05, 0.1) is 10.2 Å². The first kappa shape index (κ1) is 12.6. The predicted octanol–water partition coefficient (Wildman–Crippen LogP) is 2.39. The maximum Gasteiger partial charge on any atom is 0.151 e. The van der Waals surface area contributed by atoms with Gasteiger partial charge in [0.25, 0.3) is 0 Å². The Morgan fingerprint density at radius 2 is 2.00 bits per heavy atom. The summed E-state index contributed by atoms with van der Waals surface area (Å²) >= 11 is 3.20. The van der Waals surface area contributed by atoms with E-state index in [1.165, 1.54) is 6.07 Å². The van der Waals surface area contributed by atoms with Crippen molar-refractivity contribution < 1.29 is 4.39 Å². The van der Waals surface area contributed by atoms with Gasteiger partial charge in [0, 0.05) is 37.8 Å². The molecule has 1 aromatic carbocycles. The second kappa shape index (κ2) is 5.30. The first-order chi connectivity index (χ1) is 9.24. The van der Waals surface area contributed by atoms with E-state index in [-0.39, 0.29) is 5.82 Å². The maximum atomic E-state index is 13.2. The lowest BCUT2D eigenvalue weighted by Crippen LogP contribution is -2.43. The summed E-state index contributed by atoms with van der Waals surface area (Å²) in [5.74, 6) is 0.683. The van der Waals surface area contributed by atoms with Crippen LogP contribution < -0.4 is 10.2 Å². The molecular weight excluding hydrogens is 311 g/mol. The molecule has 6 heteroatoms. The lowest BCUT2D eigenvalue weighted by atomic mass is 10.1. The lowest BCUT2D eigenvalue weighted by molar-refractivity contribution is 0.584. The minimum Gasteiger partial charge on any atom is -0.353 e. The number of halogens is 2. The van der Waals surface area contributed by atoms with Crippen LogP contribution in [0.3, 0.4) is 0 Å². The number of nitrogens with one attached hydrogen (secondary N) is 2. The molecule has 4 nitrogen and oxygen atoms in total. The molecule has 3 rings (SSSR count). The van der Waals surface area contributed by atoms with E-state index in [2.05, 4.69) is 36.3 Å². The average molecular weight is 325 g/mol. The Morgan fingerprint density at radius 3 is 2.74 bits per heavy atom. The van der Waals surface area contributed by atoms with E-state index >= 15 is 0 Å². The van der Waals surface area contributed by atoms with Gasteiger partial charge in [-0.2, -0.15) is 5.10 Å². The van der Waals surface area contributed by atoms with Gasteiger partial charge >= 0.3 is 0 Å². The molecule has 0 bridgehead atoms. The van der Waals surface area contributed by atoms with Crippen LogP contribution in [0.5, 0.6) is 0 Å². The first-order valence-electron chi connectivity index (χ1n) is 6.20. The molecule has 0 saturated carbocycles. The van der Waals surface area contributed by atoms with Crippen molar-refractivity contribution in [2.45, 2.75) is 0 Å². The van der Waals surface area contributed by atoms with Gasteiger partial charge in [-0.15, -0.1) is 0 Å². The second-order valence-corrected chi connectivity index (χ2v) is 5.36. The smallest absolute Gasteiger partial charge is 0.151 e. The Morgan fingerprint density at radius 1 is 1.21 bits per heavy atom. The summed E-state index contributed by atoms with van der Waals surface area (Å²) in [6.07, 6.45) is 0. The van der Waals surface area contributed by atoms with Gasteiger partial charge in [0.2, 0.25) is 0 Å². The van der Waals surface area contributed by atoms with Crippen molar-refractivity contribution >= 4 is 21.7 Å². The topological polar surface area (TPSA) is 44.0 Å². The van der Waals surface area contributed by atoms with Crippen LogP contribution in [0.4, 0.5) is 10.2 Å². The predicted molar refractivity (Wildman–Crippen MR) is 76.8 cm³/mol. The summed E-state index contributed by atoms with van der Waals surface area (Å²) in [7, 11) is 0. The Labute approximate surface area is 119 Å². The highest BCUT2D eigenvalue weighted by molar-refractivity contribution is 9.10. The number of aromatic nitrogens is 2. The number of rotatable bonds is 2. The highest BCUT2D eigenvalue weighted by Gasteiger charge is 2.14. The summed E-state index contributed by atoms with van der Waals surface area (Å²) < 4.78 is 13.7. The van der Waals surface area contributed by atoms with Crippen molar-refractivity contribution in [1.29, 1.82) is 0 Å². The minimum absolute atomic E-state index is 0.259. The van der Waals surface area contributed by atoms with Gasteiger partial charge in [-0.3, -0.25) is 5.10 Å². The molecule has 0 unspecified atom stereocenters. The highest BCUT2D eigenvalue weighted by Crippen LogP contribution is 2.26. The van der Waals surface area contributed by atoms with Crippen LogP contribution in [-0.4, -0.2) is 36.4 Å². The van der Waals surface area contributed by atoms with Crippen molar-refractivity contribution in [2.24, 2.45) is 0 Å². The van der Waals surface area contributed by atoms with Crippen molar-refractivity contribution in [3.8, 4) is 11.3 Å². The lowest BCUT2D eigenvalue weighted by Gasteiger charge is -2.26. The van der Waals surface area contributed by atoms with Crippen LogP contribution in [0, 0.1) is 5.82 Å². The van der Waals surface area contributed by atoms with E-state index in [0.717, 1.165) is 43.3 Å². The van der Waals surface area contributed by atoms with Crippen molar-refractivity contribution in [1.82, 2.24) is 15.5 Å². The molecule has 1 aromatic heterocycles. The van der Waals surface area contributed by atoms with Crippen LogP contribution in [0.1, 0.15) is 0 Å². The van der Waals surface area contributed by atoms with E-state index in [1.54, 1.807) is 12.1 Å². The SMILES string of the molecule is Fc1ccc(-c2cc(N3CCNCC3)n[nH]2)cc1Br. The van der Waals surface area contributed by atoms with Gasteiger partial charge in [-0.05, 0) is 34.1 Å². The number of hydrogen-bond acceptors (Lipinski definition) is 3. The van der Waals surface area contributed by atoms with Crippen LogP contribution in [0.15, 0.2) is 28.7 Å². The van der Waals surface area contributed by atoms with Crippen molar-refractivity contribution in [2.75, 3.05) is 31.1 Å². The number of H-pyrrole nitrogens is 1. The first-order valence-corrected chi connectivity index (χ1v) is 7.00. The molecule has 0 amide bonds.